The van der Waals surface area contributed by atoms with Crippen molar-refractivity contribution in [1.29, 1.82) is 0 Å². The Kier molecular flexibility index (Phi) is 5.30. The number of carbonyl (C=O) groups is 1. The Morgan fingerprint density at radius 3 is 2.64 bits per heavy atom. The second kappa shape index (κ2) is 7.81. The molecule has 1 aromatic heterocycles. The fourth-order valence-electron chi connectivity index (χ4n) is 2.20. The zero-order valence-electron chi connectivity index (χ0n) is 13.2. The van der Waals surface area contributed by atoms with Crippen LogP contribution in [0.4, 0.5) is 10.2 Å². The molecule has 5 nitrogen and oxygen atoms in total. The Morgan fingerprint density at radius 2 is 1.88 bits per heavy atom. The van der Waals surface area contributed by atoms with Crippen LogP contribution in [0.2, 0.25) is 5.02 Å². The maximum Gasteiger partial charge on any atom is 0.263 e. The summed E-state index contributed by atoms with van der Waals surface area (Å²) >= 11 is 6.08. The summed E-state index contributed by atoms with van der Waals surface area (Å²) in [6, 6.07) is 15.4. The molecule has 1 amide bonds. The summed E-state index contributed by atoms with van der Waals surface area (Å²) in [4.78, 5) is 12.0. The summed E-state index contributed by atoms with van der Waals surface area (Å²) in [7, 11) is 0. The first-order valence-corrected chi connectivity index (χ1v) is 7.93. The second-order valence-corrected chi connectivity index (χ2v) is 5.67. The van der Waals surface area contributed by atoms with E-state index in [1.165, 1.54) is 16.9 Å². The van der Waals surface area contributed by atoms with Gasteiger partial charge in [0, 0.05) is 11.8 Å². The van der Waals surface area contributed by atoms with Gasteiger partial charge >= 0.3 is 0 Å². The molecule has 3 rings (SSSR count). The number of ether oxygens (including phenoxy) is 1. The normalized spacial score (nSPS) is 10.5. The standard InChI is InChI=1S/C18H15ClFN3O2/c19-15-11-23(10-13-6-4-5-9-16(13)20)22-18(15)21-17(24)12-25-14-7-2-1-3-8-14/h1-9,11H,10,12H2,(H,21,22,24). The summed E-state index contributed by atoms with van der Waals surface area (Å²) in [5.74, 6) is 0.0892. The van der Waals surface area contributed by atoms with Crippen molar-refractivity contribution in [3.8, 4) is 5.75 Å². The van der Waals surface area contributed by atoms with E-state index >= 15 is 0 Å². The van der Waals surface area contributed by atoms with Gasteiger partial charge in [0.05, 0.1) is 6.54 Å². The minimum absolute atomic E-state index is 0.166. The van der Waals surface area contributed by atoms with Crippen molar-refractivity contribution in [2.75, 3.05) is 11.9 Å². The average molecular weight is 360 g/mol. The van der Waals surface area contributed by atoms with Gasteiger partial charge in [0.1, 0.15) is 16.6 Å². The second-order valence-electron chi connectivity index (χ2n) is 5.26. The molecule has 2 aromatic carbocycles. The van der Waals surface area contributed by atoms with Crippen LogP contribution in [0.15, 0.2) is 60.8 Å². The highest BCUT2D eigenvalue weighted by molar-refractivity contribution is 6.33. The predicted octanol–water partition coefficient (Wildman–Crippen LogP) is 3.74. The highest BCUT2D eigenvalue weighted by Gasteiger charge is 2.12. The van der Waals surface area contributed by atoms with Crippen LogP contribution in [0.25, 0.3) is 0 Å². The first kappa shape index (κ1) is 17.0. The topological polar surface area (TPSA) is 56.1 Å². The third-order valence-electron chi connectivity index (χ3n) is 3.38. The van der Waals surface area contributed by atoms with Crippen molar-refractivity contribution in [3.63, 3.8) is 0 Å². The minimum Gasteiger partial charge on any atom is -0.484 e. The SMILES string of the molecule is O=C(COc1ccccc1)Nc1nn(Cc2ccccc2F)cc1Cl. The van der Waals surface area contributed by atoms with Crippen LogP contribution in [0, 0.1) is 5.82 Å². The van der Waals surface area contributed by atoms with Gasteiger partial charge in [-0.15, -0.1) is 0 Å². The minimum atomic E-state index is -0.387. The summed E-state index contributed by atoms with van der Waals surface area (Å²) < 4.78 is 20.5. The van der Waals surface area contributed by atoms with Gasteiger partial charge in [-0.3, -0.25) is 9.48 Å². The maximum absolute atomic E-state index is 13.7. The molecule has 0 radical (unpaired) electrons. The van der Waals surface area contributed by atoms with E-state index in [1.54, 1.807) is 30.3 Å². The van der Waals surface area contributed by atoms with Gasteiger partial charge in [0.25, 0.3) is 5.91 Å². The number of hydrogen-bond donors (Lipinski definition) is 1. The molecule has 0 saturated heterocycles. The van der Waals surface area contributed by atoms with Gasteiger partial charge in [-0.25, -0.2) is 4.39 Å². The van der Waals surface area contributed by atoms with Gasteiger partial charge in [-0.1, -0.05) is 48.0 Å². The molecule has 0 unspecified atom stereocenters. The molecule has 3 aromatic rings. The number of amides is 1. The van der Waals surface area contributed by atoms with Gasteiger partial charge in [-0.05, 0) is 18.2 Å². The molecule has 0 bridgehead atoms. The first-order chi connectivity index (χ1) is 12.1. The van der Waals surface area contributed by atoms with Gasteiger partial charge in [-0.2, -0.15) is 5.10 Å². The third kappa shape index (κ3) is 4.58. The zero-order chi connectivity index (χ0) is 17.6. The number of halogens is 2. The number of rotatable bonds is 6. The van der Waals surface area contributed by atoms with Crippen LogP contribution in [0.3, 0.4) is 0 Å². The Hall–Kier alpha value is -2.86. The maximum atomic E-state index is 13.7. The smallest absolute Gasteiger partial charge is 0.263 e. The van der Waals surface area contributed by atoms with Crippen LogP contribution < -0.4 is 10.1 Å². The Balaban J connectivity index is 1.60. The van der Waals surface area contributed by atoms with E-state index in [0.29, 0.717) is 11.3 Å². The van der Waals surface area contributed by atoms with E-state index < -0.39 is 0 Å². The van der Waals surface area contributed by atoms with Gasteiger partial charge in [0.2, 0.25) is 0 Å². The molecule has 7 heteroatoms. The molecule has 1 N–H and O–H groups in total. The van der Waals surface area contributed by atoms with E-state index in [9.17, 15) is 9.18 Å². The lowest BCUT2D eigenvalue weighted by atomic mass is 10.2. The monoisotopic (exact) mass is 359 g/mol. The number of benzene rings is 2. The summed E-state index contributed by atoms with van der Waals surface area (Å²) in [5, 5.41) is 7.02. The largest absolute Gasteiger partial charge is 0.484 e. The van der Waals surface area contributed by atoms with Crippen LogP contribution in [0.5, 0.6) is 5.75 Å². The van der Waals surface area contributed by atoms with Crippen LogP contribution in [-0.4, -0.2) is 22.3 Å². The lowest BCUT2D eigenvalue weighted by Gasteiger charge is -2.06. The molecular weight excluding hydrogens is 345 g/mol. The molecular formula is C18H15ClFN3O2. The van der Waals surface area contributed by atoms with E-state index in [2.05, 4.69) is 10.4 Å². The van der Waals surface area contributed by atoms with Gasteiger partial charge in [0.15, 0.2) is 12.4 Å². The Morgan fingerprint density at radius 1 is 1.16 bits per heavy atom. The first-order valence-electron chi connectivity index (χ1n) is 7.56. The van der Waals surface area contributed by atoms with Crippen molar-refractivity contribution in [1.82, 2.24) is 9.78 Å². The highest BCUT2D eigenvalue weighted by atomic mass is 35.5. The number of para-hydroxylation sites is 1. The molecule has 0 atom stereocenters. The fraction of sp³-hybridized carbons (Fsp3) is 0.111. The molecule has 0 aliphatic rings. The predicted molar refractivity (Wildman–Crippen MR) is 93.3 cm³/mol. The summed E-state index contributed by atoms with van der Waals surface area (Å²) in [6.45, 7) is 0.0449. The van der Waals surface area contributed by atoms with E-state index in [1.807, 2.05) is 18.2 Å². The number of aromatic nitrogens is 2. The third-order valence-corrected chi connectivity index (χ3v) is 3.65. The van der Waals surface area contributed by atoms with Crippen molar-refractivity contribution in [2.24, 2.45) is 0 Å². The molecule has 0 aliphatic carbocycles. The fourth-order valence-corrected chi connectivity index (χ4v) is 2.40. The molecule has 1 heterocycles. The Bertz CT molecular complexity index is 868. The van der Waals surface area contributed by atoms with Crippen LogP contribution in [0.1, 0.15) is 5.56 Å². The Labute approximate surface area is 149 Å². The van der Waals surface area contributed by atoms with Crippen molar-refractivity contribution in [2.45, 2.75) is 6.54 Å². The lowest BCUT2D eigenvalue weighted by molar-refractivity contribution is -0.118. The molecule has 0 saturated carbocycles. The molecule has 25 heavy (non-hydrogen) atoms. The lowest BCUT2D eigenvalue weighted by Crippen LogP contribution is -2.20. The van der Waals surface area contributed by atoms with E-state index in [0.717, 1.165) is 0 Å². The highest BCUT2D eigenvalue weighted by Crippen LogP contribution is 2.20. The van der Waals surface area contributed by atoms with Gasteiger partial charge < -0.3 is 10.1 Å². The van der Waals surface area contributed by atoms with E-state index in [4.69, 9.17) is 16.3 Å². The molecule has 0 fully saturated rings. The van der Waals surface area contributed by atoms with Crippen molar-refractivity contribution in [3.05, 3.63) is 77.2 Å². The summed E-state index contributed by atoms with van der Waals surface area (Å²) in [5.41, 5.74) is 0.479. The van der Waals surface area contributed by atoms with Crippen molar-refractivity contribution < 1.29 is 13.9 Å². The summed E-state index contributed by atoms with van der Waals surface area (Å²) in [6.07, 6.45) is 1.53. The molecule has 128 valence electrons. The molecule has 0 aliphatic heterocycles. The van der Waals surface area contributed by atoms with Crippen LogP contribution in [-0.2, 0) is 11.3 Å². The van der Waals surface area contributed by atoms with Crippen LogP contribution >= 0.6 is 11.6 Å². The number of anilines is 1. The number of hydrogen-bond acceptors (Lipinski definition) is 3. The number of nitrogens with one attached hydrogen (secondary N) is 1. The zero-order valence-corrected chi connectivity index (χ0v) is 13.9. The molecule has 0 spiro atoms. The number of nitrogens with zero attached hydrogens (tertiary/aromatic N) is 2. The average Bonchev–Trinajstić information content (AvgIpc) is 2.95. The number of carbonyl (C=O) groups excluding carboxylic acids is 1. The van der Waals surface area contributed by atoms with Crippen molar-refractivity contribution >= 4 is 23.3 Å². The quantitative estimate of drug-likeness (QED) is 0.729. The van der Waals surface area contributed by atoms with E-state index in [-0.39, 0.29) is 35.7 Å².